The van der Waals surface area contributed by atoms with Crippen molar-refractivity contribution in [1.29, 1.82) is 5.26 Å². The zero-order valence-corrected chi connectivity index (χ0v) is 14.1. The van der Waals surface area contributed by atoms with Gasteiger partial charge in [-0.1, -0.05) is 30.3 Å². The first-order valence-electron chi connectivity index (χ1n) is 7.67. The number of carbonyl (C=O) groups is 1. The Bertz CT molecular complexity index is 952. The van der Waals surface area contributed by atoms with Gasteiger partial charge in [0.1, 0.15) is 5.75 Å². The van der Waals surface area contributed by atoms with E-state index in [0.717, 1.165) is 16.5 Å². The van der Waals surface area contributed by atoms with Crippen LogP contribution in [0.15, 0.2) is 60.0 Å². The van der Waals surface area contributed by atoms with Crippen LogP contribution < -0.4 is 4.74 Å². The van der Waals surface area contributed by atoms with Crippen molar-refractivity contribution in [3.05, 3.63) is 65.6 Å². The van der Waals surface area contributed by atoms with Gasteiger partial charge in [0.15, 0.2) is 9.84 Å². The van der Waals surface area contributed by atoms with E-state index in [2.05, 4.69) is 6.07 Å². The van der Waals surface area contributed by atoms with Gasteiger partial charge in [-0.2, -0.15) is 5.26 Å². The minimum atomic E-state index is -3.16. The average Bonchev–Trinajstić information content (AvgIpc) is 2.94. The summed E-state index contributed by atoms with van der Waals surface area (Å²) in [6.07, 6.45) is 1.57. The van der Waals surface area contributed by atoms with Crippen molar-refractivity contribution < 1.29 is 17.9 Å². The molecule has 0 N–H and O–H groups in total. The largest absolute Gasteiger partial charge is 0.427 e. The second-order valence-electron chi connectivity index (χ2n) is 5.81. The standard InChI is InChI=1S/C19H15NO4S/c20-12-14-1-3-16(4-2-14)17-5-7-18(8-6-17)24-19(21)11-15-9-10-25(22,23)13-15/h1-10,15H,11,13H2. The van der Waals surface area contributed by atoms with Crippen molar-refractivity contribution in [2.75, 3.05) is 5.75 Å². The third-order valence-corrected chi connectivity index (χ3v) is 5.33. The lowest BCUT2D eigenvalue weighted by Gasteiger charge is -2.08. The van der Waals surface area contributed by atoms with Crippen molar-refractivity contribution in [1.82, 2.24) is 0 Å². The lowest BCUT2D eigenvalue weighted by molar-refractivity contribution is -0.134. The van der Waals surface area contributed by atoms with Crippen LogP contribution in [0.2, 0.25) is 0 Å². The van der Waals surface area contributed by atoms with Crippen LogP contribution in [0.4, 0.5) is 0 Å². The quantitative estimate of drug-likeness (QED) is 0.623. The third kappa shape index (κ3) is 4.34. The number of ether oxygens (including phenoxy) is 1. The van der Waals surface area contributed by atoms with Gasteiger partial charge >= 0.3 is 5.97 Å². The summed E-state index contributed by atoms with van der Waals surface area (Å²) in [5.74, 6) is -0.416. The van der Waals surface area contributed by atoms with Gasteiger partial charge in [0, 0.05) is 11.3 Å². The summed E-state index contributed by atoms with van der Waals surface area (Å²) in [5, 5.41) is 9.96. The van der Waals surface area contributed by atoms with Gasteiger partial charge in [0.05, 0.1) is 23.8 Å². The first kappa shape index (κ1) is 16.9. The van der Waals surface area contributed by atoms with Crippen LogP contribution >= 0.6 is 0 Å². The average molecular weight is 353 g/mol. The monoisotopic (exact) mass is 353 g/mol. The Hall–Kier alpha value is -2.91. The van der Waals surface area contributed by atoms with Crippen LogP contribution in [0, 0.1) is 17.2 Å². The molecule has 0 spiro atoms. The van der Waals surface area contributed by atoms with E-state index in [0.29, 0.717) is 11.3 Å². The molecule has 2 aromatic rings. The molecule has 126 valence electrons. The molecular weight excluding hydrogens is 338 g/mol. The van der Waals surface area contributed by atoms with Crippen molar-refractivity contribution in [2.24, 2.45) is 5.92 Å². The fourth-order valence-corrected chi connectivity index (χ4v) is 4.01. The third-order valence-electron chi connectivity index (χ3n) is 3.87. The van der Waals surface area contributed by atoms with Gasteiger partial charge in [0.2, 0.25) is 0 Å². The highest BCUT2D eigenvalue weighted by Gasteiger charge is 2.24. The molecule has 6 heteroatoms. The molecule has 3 rings (SSSR count). The van der Waals surface area contributed by atoms with Crippen LogP contribution in [0.3, 0.4) is 0 Å². The fraction of sp³-hybridized carbons (Fsp3) is 0.158. The summed E-state index contributed by atoms with van der Waals surface area (Å²) < 4.78 is 27.9. The second-order valence-corrected chi connectivity index (χ2v) is 7.74. The molecule has 25 heavy (non-hydrogen) atoms. The first-order chi connectivity index (χ1) is 11.9. The topological polar surface area (TPSA) is 84.2 Å². The van der Waals surface area contributed by atoms with Gasteiger partial charge in [-0.05, 0) is 35.4 Å². The number of sulfone groups is 1. The summed E-state index contributed by atoms with van der Waals surface area (Å²) in [7, 11) is -3.16. The minimum Gasteiger partial charge on any atom is -0.427 e. The number of hydrogen-bond acceptors (Lipinski definition) is 5. The maximum atomic E-state index is 11.9. The van der Waals surface area contributed by atoms with Crippen molar-refractivity contribution >= 4 is 15.8 Å². The van der Waals surface area contributed by atoms with Gasteiger partial charge in [-0.15, -0.1) is 0 Å². The fourth-order valence-electron chi connectivity index (χ4n) is 2.61. The van der Waals surface area contributed by atoms with Crippen molar-refractivity contribution in [3.8, 4) is 22.9 Å². The van der Waals surface area contributed by atoms with Gasteiger partial charge in [-0.3, -0.25) is 4.79 Å². The molecule has 1 aliphatic rings. The molecule has 0 saturated carbocycles. The Morgan fingerprint density at radius 2 is 1.68 bits per heavy atom. The van der Waals surface area contributed by atoms with E-state index in [9.17, 15) is 13.2 Å². The number of nitrogens with zero attached hydrogens (tertiary/aromatic N) is 1. The van der Waals surface area contributed by atoms with E-state index in [1.807, 2.05) is 24.3 Å². The molecule has 5 nitrogen and oxygen atoms in total. The number of esters is 1. The summed E-state index contributed by atoms with van der Waals surface area (Å²) in [5.41, 5.74) is 2.49. The Balaban J connectivity index is 1.61. The highest BCUT2D eigenvalue weighted by molar-refractivity contribution is 7.94. The van der Waals surface area contributed by atoms with Crippen LogP contribution in [-0.4, -0.2) is 20.1 Å². The predicted octanol–water partition coefficient (Wildman–Crippen LogP) is 3.08. The maximum Gasteiger partial charge on any atom is 0.311 e. The minimum absolute atomic E-state index is 0.0348. The Kier molecular flexibility index (Phi) is 4.68. The summed E-state index contributed by atoms with van der Waals surface area (Å²) in [6.45, 7) is 0. The second kappa shape index (κ2) is 6.91. The summed E-state index contributed by atoms with van der Waals surface area (Å²) in [4.78, 5) is 11.9. The molecule has 0 amide bonds. The number of rotatable bonds is 4. The van der Waals surface area contributed by atoms with E-state index in [1.165, 1.54) is 6.08 Å². The number of nitriles is 1. The molecule has 0 saturated heterocycles. The van der Waals surface area contributed by atoms with Crippen LogP contribution in [0.25, 0.3) is 11.1 Å². The molecule has 1 atom stereocenters. The number of hydrogen-bond donors (Lipinski definition) is 0. The molecule has 1 aliphatic heterocycles. The molecule has 0 aromatic heterocycles. The van der Waals surface area contributed by atoms with Gasteiger partial charge < -0.3 is 4.74 Å². The zero-order valence-electron chi connectivity index (χ0n) is 13.3. The molecule has 2 aromatic carbocycles. The number of allylic oxidation sites excluding steroid dienone is 1. The van der Waals surface area contributed by atoms with Gasteiger partial charge in [-0.25, -0.2) is 8.42 Å². The molecule has 0 radical (unpaired) electrons. The van der Waals surface area contributed by atoms with E-state index in [-0.39, 0.29) is 18.1 Å². The van der Waals surface area contributed by atoms with E-state index in [1.54, 1.807) is 24.3 Å². The molecule has 0 aliphatic carbocycles. The molecule has 1 unspecified atom stereocenters. The molecular formula is C19H15NO4S. The van der Waals surface area contributed by atoms with Crippen molar-refractivity contribution in [2.45, 2.75) is 6.42 Å². The number of benzene rings is 2. The first-order valence-corrected chi connectivity index (χ1v) is 9.39. The van der Waals surface area contributed by atoms with Crippen molar-refractivity contribution in [3.63, 3.8) is 0 Å². The highest BCUT2D eigenvalue weighted by Crippen LogP contribution is 2.24. The normalized spacial score (nSPS) is 17.8. The molecule has 0 fully saturated rings. The van der Waals surface area contributed by atoms with E-state index in [4.69, 9.17) is 10.00 Å². The molecule has 0 bridgehead atoms. The lowest BCUT2D eigenvalue weighted by Crippen LogP contribution is -2.15. The smallest absolute Gasteiger partial charge is 0.311 e. The van der Waals surface area contributed by atoms with E-state index < -0.39 is 15.8 Å². The lowest BCUT2D eigenvalue weighted by atomic mass is 10.0. The Morgan fingerprint density at radius 3 is 2.20 bits per heavy atom. The van der Waals surface area contributed by atoms with Crippen LogP contribution in [0.5, 0.6) is 5.75 Å². The summed E-state index contributed by atoms with van der Waals surface area (Å²) >= 11 is 0. The molecule has 1 heterocycles. The number of carbonyl (C=O) groups excluding carboxylic acids is 1. The highest BCUT2D eigenvalue weighted by atomic mass is 32.2. The predicted molar refractivity (Wildman–Crippen MR) is 93.3 cm³/mol. The Morgan fingerprint density at radius 1 is 1.08 bits per heavy atom. The van der Waals surface area contributed by atoms with Crippen LogP contribution in [-0.2, 0) is 14.6 Å². The summed E-state index contributed by atoms with van der Waals surface area (Å²) in [6, 6.07) is 16.3. The SMILES string of the molecule is N#Cc1ccc(-c2ccc(OC(=O)CC3C=CS(=O)(=O)C3)cc2)cc1. The maximum absolute atomic E-state index is 11.9. The zero-order chi connectivity index (χ0) is 17.9. The van der Waals surface area contributed by atoms with Crippen LogP contribution in [0.1, 0.15) is 12.0 Å². The van der Waals surface area contributed by atoms with E-state index >= 15 is 0 Å². The van der Waals surface area contributed by atoms with Gasteiger partial charge in [0.25, 0.3) is 0 Å². The Labute approximate surface area is 146 Å².